The quantitative estimate of drug-likeness (QED) is 0.141. The van der Waals surface area contributed by atoms with E-state index in [1.165, 1.54) is 37.3 Å². The number of benzene rings is 4. The van der Waals surface area contributed by atoms with Gasteiger partial charge in [-0.25, -0.2) is 8.78 Å². The maximum Gasteiger partial charge on any atom is 0.523 e. The van der Waals surface area contributed by atoms with E-state index < -0.39 is 29.0 Å². The Morgan fingerprint density at radius 1 is 0.630 bits per heavy atom. The molecule has 7 rings (SSSR count). The highest BCUT2D eigenvalue weighted by Gasteiger charge is 2.41. The molecule has 2 atom stereocenters. The van der Waals surface area contributed by atoms with E-state index in [4.69, 9.17) is 0 Å². The average Bonchev–Trinajstić information content (AvgIpc) is 3.47. The molecular weight excluding hydrogens is 692 g/mol. The minimum atomic E-state index is -4.76. The van der Waals surface area contributed by atoms with E-state index >= 15 is 0 Å². The van der Waals surface area contributed by atoms with E-state index in [9.17, 15) is 27.2 Å². The number of aliphatic imine (C=N–C) groups is 1. The van der Waals surface area contributed by atoms with Gasteiger partial charge in [0.2, 0.25) is 6.19 Å². The number of nitrogens with zero attached hydrogens (tertiary/aromatic N) is 2. The SMILES string of the molecule is Cc1ccc(-c2ccc(C3=C(c4ccc(F)cc4)C(c4ccc(F)cc4)=C(C4=CCC(C)(C5=CCC(C)(OC(F)(F)F)C=C5)C=C4)C3=NC#N)cc2)cc1. The molecule has 0 fully saturated rings. The summed E-state index contributed by atoms with van der Waals surface area (Å²) < 4.78 is 72.4. The summed E-state index contributed by atoms with van der Waals surface area (Å²) in [4.78, 5) is 4.44. The normalized spacial score (nSPS) is 22.1. The van der Waals surface area contributed by atoms with Crippen molar-refractivity contribution in [1.29, 1.82) is 5.26 Å². The molecule has 3 nitrogen and oxygen atoms in total. The molecule has 0 saturated heterocycles. The molecule has 54 heavy (non-hydrogen) atoms. The lowest BCUT2D eigenvalue weighted by Gasteiger charge is -2.35. The van der Waals surface area contributed by atoms with Gasteiger partial charge in [-0.3, -0.25) is 4.74 Å². The second-order valence-electron chi connectivity index (χ2n) is 14.2. The van der Waals surface area contributed by atoms with Crippen LogP contribution < -0.4 is 0 Å². The molecule has 4 aromatic carbocycles. The van der Waals surface area contributed by atoms with Crippen molar-refractivity contribution in [3.8, 4) is 17.3 Å². The summed E-state index contributed by atoms with van der Waals surface area (Å²) in [6.45, 7) is 5.45. The maximum atomic E-state index is 14.4. The number of alkyl halides is 3. The van der Waals surface area contributed by atoms with Crippen LogP contribution in [0.5, 0.6) is 0 Å². The van der Waals surface area contributed by atoms with Crippen LogP contribution >= 0.6 is 0 Å². The topological polar surface area (TPSA) is 45.4 Å². The molecule has 0 N–H and O–H groups in total. The number of halogens is 5. The monoisotopic (exact) mass is 726 g/mol. The fourth-order valence-electron chi connectivity index (χ4n) is 7.33. The number of hydrogen-bond donors (Lipinski definition) is 0. The van der Waals surface area contributed by atoms with Crippen molar-refractivity contribution in [3.63, 3.8) is 0 Å². The van der Waals surface area contributed by atoms with E-state index in [1.807, 2.05) is 62.5 Å². The lowest BCUT2D eigenvalue weighted by atomic mass is 9.72. The van der Waals surface area contributed by atoms with Crippen molar-refractivity contribution < 1.29 is 26.7 Å². The van der Waals surface area contributed by atoms with Crippen LogP contribution in [-0.2, 0) is 4.74 Å². The molecule has 4 aromatic rings. The molecule has 0 spiro atoms. The average molecular weight is 727 g/mol. The zero-order valence-electron chi connectivity index (χ0n) is 29.8. The Hall–Kier alpha value is -5.91. The van der Waals surface area contributed by atoms with Crippen molar-refractivity contribution in [2.75, 3.05) is 0 Å². The Morgan fingerprint density at radius 3 is 1.61 bits per heavy atom. The van der Waals surface area contributed by atoms with Gasteiger partial charge in [0.05, 0.1) is 11.3 Å². The molecule has 0 radical (unpaired) electrons. The van der Waals surface area contributed by atoms with E-state index in [-0.39, 0.29) is 6.42 Å². The van der Waals surface area contributed by atoms with Gasteiger partial charge in [-0.15, -0.1) is 13.2 Å². The van der Waals surface area contributed by atoms with Crippen LogP contribution in [-0.4, -0.2) is 17.7 Å². The van der Waals surface area contributed by atoms with Crippen LogP contribution in [0.25, 0.3) is 27.8 Å². The molecular formula is C46H35F5N2O. The molecule has 3 aliphatic carbocycles. The van der Waals surface area contributed by atoms with Crippen molar-refractivity contribution in [2.45, 2.75) is 45.6 Å². The third-order valence-electron chi connectivity index (χ3n) is 10.2. The Labute approximate surface area is 311 Å². The first-order valence-corrected chi connectivity index (χ1v) is 17.5. The third kappa shape index (κ3) is 7.33. The molecule has 270 valence electrons. The fourth-order valence-corrected chi connectivity index (χ4v) is 7.33. The largest absolute Gasteiger partial charge is 0.523 e. The van der Waals surface area contributed by atoms with Crippen LogP contribution in [0.4, 0.5) is 22.0 Å². The second kappa shape index (κ2) is 14.1. The van der Waals surface area contributed by atoms with Crippen molar-refractivity contribution in [2.24, 2.45) is 10.4 Å². The van der Waals surface area contributed by atoms with Gasteiger partial charge < -0.3 is 0 Å². The number of hydrogen-bond acceptors (Lipinski definition) is 3. The standard InChI is InChI=1S/C46H35F5N2O/c1-29-4-6-30(7-5-29)31-8-10-34(11-9-31)41-39(32-12-16-37(47)17-13-32)40(33-14-18-38(48)19-15-33)42(43(41)53-28-52)35-20-24-44(2,25-21-35)36-22-26-45(3,27-23-36)54-46(49,50)51/h4-24,26H,25,27H2,1-3H3. The number of rotatable bonds is 7. The van der Waals surface area contributed by atoms with Crippen molar-refractivity contribution >= 4 is 22.4 Å². The van der Waals surface area contributed by atoms with E-state index in [1.54, 1.807) is 36.4 Å². The van der Waals surface area contributed by atoms with Gasteiger partial charge in [0.25, 0.3) is 0 Å². The van der Waals surface area contributed by atoms with Gasteiger partial charge >= 0.3 is 6.36 Å². The lowest BCUT2D eigenvalue weighted by Crippen LogP contribution is -2.35. The summed E-state index contributed by atoms with van der Waals surface area (Å²) in [5.41, 5.74) is 8.01. The predicted octanol–water partition coefficient (Wildman–Crippen LogP) is 12.3. The molecule has 2 unspecified atom stereocenters. The molecule has 3 aliphatic rings. The Kier molecular flexibility index (Phi) is 9.55. The molecule has 0 saturated carbocycles. The first kappa shape index (κ1) is 36.4. The molecule has 0 bridgehead atoms. The first-order valence-electron chi connectivity index (χ1n) is 17.5. The van der Waals surface area contributed by atoms with Crippen LogP contribution in [0.3, 0.4) is 0 Å². The fraction of sp³-hybridized carbons (Fsp3) is 0.174. The third-order valence-corrected chi connectivity index (χ3v) is 10.2. The van der Waals surface area contributed by atoms with Gasteiger partial charge in [0.15, 0.2) is 0 Å². The van der Waals surface area contributed by atoms with E-state index in [0.717, 1.165) is 33.4 Å². The zero-order valence-corrected chi connectivity index (χ0v) is 29.8. The van der Waals surface area contributed by atoms with Crippen LogP contribution in [0.15, 0.2) is 155 Å². The summed E-state index contributed by atoms with van der Waals surface area (Å²) in [7, 11) is 0. The van der Waals surface area contributed by atoms with Crippen molar-refractivity contribution in [1.82, 2.24) is 0 Å². The van der Waals surface area contributed by atoms with Crippen LogP contribution in [0, 0.1) is 35.4 Å². The Morgan fingerprint density at radius 2 is 1.13 bits per heavy atom. The minimum absolute atomic E-state index is 0.0498. The maximum absolute atomic E-state index is 14.4. The molecule has 0 heterocycles. The van der Waals surface area contributed by atoms with Gasteiger partial charge in [-0.2, -0.15) is 10.3 Å². The van der Waals surface area contributed by atoms with Crippen LogP contribution in [0.1, 0.15) is 48.9 Å². The summed E-state index contributed by atoms with van der Waals surface area (Å²) in [5.74, 6) is -0.824. The molecule has 0 aliphatic heterocycles. The van der Waals surface area contributed by atoms with E-state index in [0.29, 0.717) is 45.6 Å². The number of nitriles is 1. The van der Waals surface area contributed by atoms with Gasteiger partial charge in [-0.05, 0) is 89.9 Å². The highest BCUT2D eigenvalue weighted by Crippen LogP contribution is 2.51. The van der Waals surface area contributed by atoms with E-state index in [2.05, 4.69) is 34.0 Å². The predicted molar refractivity (Wildman–Crippen MR) is 204 cm³/mol. The molecule has 0 aromatic heterocycles. The summed E-state index contributed by atoms with van der Waals surface area (Å²) in [5, 5.41) is 10.2. The highest BCUT2D eigenvalue weighted by atomic mass is 19.4. The summed E-state index contributed by atoms with van der Waals surface area (Å²) in [6, 6.07) is 28.4. The van der Waals surface area contributed by atoms with Gasteiger partial charge in [0, 0.05) is 27.7 Å². The van der Waals surface area contributed by atoms with Crippen molar-refractivity contribution in [3.05, 3.63) is 184 Å². The Balaban J connectivity index is 1.36. The van der Waals surface area contributed by atoms with Crippen LogP contribution in [0.2, 0.25) is 0 Å². The van der Waals surface area contributed by atoms with Gasteiger partial charge in [0.1, 0.15) is 11.6 Å². The smallest absolute Gasteiger partial charge is 0.281 e. The number of aryl methyl sites for hydroxylation is 1. The minimum Gasteiger partial charge on any atom is -0.281 e. The second-order valence-corrected chi connectivity index (χ2v) is 14.2. The lowest BCUT2D eigenvalue weighted by molar-refractivity contribution is -0.355. The first-order chi connectivity index (χ1) is 25.8. The number of ether oxygens (including phenoxy) is 1. The summed E-state index contributed by atoms with van der Waals surface area (Å²) >= 11 is 0. The Bertz CT molecular complexity index is 2370. The zero-order chi connectivity index (χ0) is 38.3. The highest BCUT2D eigenvalue weighted by molar-refractivity contribution is 6.50. The number of allylic oxidation sites excluding steroid dienone is 10. The molecule has 8 heteroatoms. The molecule has 0 amide bonds. The summed E-state index contributed by atoms with van der Waals surface area (Å²) in [6.07, 6.45) is 8.69. The van der Waals surface area contributed by atoms with Gasteiger partial charge in [-0.1, -0.05) is 122 Å².